The summed E-state index contributed by atoms with van der Waals surface area (Å²) in [6.45, 7) is 3.68. The van der Waals surface area contributed by atoms with Crippen molar-refractivity contribution in [1.29, 1.82) is 0 Å². The molecule has 4 nitrogen and oxygen atoms in total. The number of aromatic nitrogens is 2. The highest BCUT2D eigenvalue weighted by Crippen LogP contribution is 2.20. The van der Waals surface area contributed by atoms with Crippen LogP contribution in [-0.4, -0.2) is 20.0 Å². The van der Waals surface area contributed by atoms with Crippen molar-refractivity contribution < 1.29 is 4.21 Å². The van der Waals surface area contributed by atoms with Crippen LogP contribution < -0.4 is 5.32 Å². The van der Waals surface area contributed by atoms with Gasteiger partial charge in [0, 0.05) is 35.0 Å². The van der Waals surface area contributed by atoms with E-state index in [9.17, 15) is 4.21 Å². The van der Waals surface area contributed by atoms with E-state index in [2.05, 4.69) is 27.9 Å². The van der Waals surface area contributed by atoms with E-state index in [4.69, 9.17) is 0 Å². The second kappa shape index (κ2) is 6.32. The molecule has 0 amide bonds. The van der Waals surface area contributed by atoms with Gasteiger partial charge in [0.1, 0.15) is 0 Å². The predicted octanol–water partition coefficient (Wildman–Crippen LogP) is 3.41. The Labute approximate surface area is 132 Å². The molecule has 3 rings (SSSR count). The molecule has 0 spiro atoms. The summed E-state index contributed by atoms with van der Waals surface area (Å²) in [4.78, 5) is 5.50. The number of fused-ring (bicyclic) bond motifs is 1. The van der Waals surface area contributed by atoms with E-state index in [1.165, 1.54) is 0 Å². The molecule has 0 unspecified atom stereocenters. The Balaban J connectivity index is 1.80. The summed E-state index contributed by atoms with van der Waals surface area (Å²) in [5.74, 6) is 0.881. The quantitative estimate of drug-likeness (QED) is 0.785. The molecule has 1 N–H and O–H groups in total. The van der Waals surface area contributed by atoms with Crippen LogP contribution in [0.5, 0.6) is 0 Å². The molecule has 0 aliphatic heterocycles. The van der Waals surface area contributed by atoms with Crippen molar-refractivity contribution in [3.05, 3.63) is 54.1 Å². The average molecular weight is 313 g/mol. The fourth-order valence-electron chi connectivity index (χ4n) is 2.51. The zero-order chi connectivity index (χ0) is 15.5. The zero-order valence-electron chi connectivity index (χ0n) is 12.7. The maximum atomic E-state index is 11.4. The van der Waals surface area contributed by atoms with Crippen molar-refractivity contribution in [2.75, 3.05) is 11.6 Å². The second-order valence-electron chi connectivity index (χ2n) is 5.12. The van der Waals surface area contributed by atoms with Gasteiger partial charge < -0.3 is 9.88 Å². The van der Waals surface area contributed by atoms with E-state index < -0.39 is 10.8 Å². The second-order valence-corrected chi connectivity index (χ2v) is 6.50. The Bertz CT molecular complexity index is 808. The normalized spacial score (nSPS) is 12.5. The summed E-state index contributed by atoms with van der Waals surface area (Å²) in [5.41, 5.74) is 3.29. The van der Waals surface area contributed by atoms with Gasteiger partial charge in [-0.25, -0.2) is 4.98 Å². The van der Waals surface area contributed by atoms with Crippen molar-refractivity contribution in [2.24, 2.45) is 0 Å². The largest absolute Gasteiger partial charge is 0.352 e. The molecule has 0 saturated carbocycles. The molecule has 0 bridgehead atoms. The van der Waals surface area contributed by atoms with Crippen molar-refractivity contribution >= 4 is 27.8 Å². The van der Waals surface area contributed by atoms with E-state index in [-0.39, 0.29) is 0 Å². The predicted molar refractivity (Wildman–Crippen MR) is 91.5 cm³/mol. The average Bonchev–Trinajstić information content (AvgIpc) is 2.90. The number of benzene rings is 2. The summed E-state index contributed by atoms with van der Waals surface area (Å²) >= 11 is 0. The molecule has 2 aromatic carbocycles. The van der Waals surface area contributed by atoms with Gasteiger partial charge in [-0.3, -0.25) is 4.21 Å². The lowest BCUT2D eigenvalue weighted by Crippen LogP contribution is -2.06. The summed E-state index contributed by atoms with van der Waals surface area (Å²) in [6.07, 6.45) is 1.69. The van der Waals surface area contributed by atoms with Gasteiger partial charge in [0.25, 0.3) is 0 Å². The minimum absolute atomic E-state index is 0.694. The van der Waals surface area contributed by atoms with E-state index in [0.29, 0.717) is 6.54 Å². The molecule has 22 heavy (non-hydrogen) atoms. The maximum absolute atomic E-state index is 11.4. The van der Waals surface area contributed by atoms with Crippen LogP contribution in [0.3, 0.4) is 0 Å². The van der Waals surface area contributed by atoms with Crippen LogP contribution in [0.25, 0.3) is 11.0 Å². The standard InChI is InChI=1S/C17H19N3OS/c1-3-20-16-7-5-4-6-15(16)19-17(20)18-12-13-8-10-14(11-9-13)22(2)21/h4-11H,3,12H2,1-2H3,(H,18,19)/t22-/m0/s1. The summed E-state index contributed by atoms with van der Waals surface area (Å²) in [6, 6.07) is 16.0. The summed E-state index contributed by atoms with van der Waals surface area (Å²) < 4.78 is 13.6. The maximum Gasteiger partial charge on any atom is 0.204 e. The molecule has 0 aliphatic rings. The third-order valence-electron chi connectivity index (χ3n) is 3.68. The third kappa shape index (κ3) is 2.90. The van der Waals surface area contributed by atoms with Gasteiger partial charge >= 0.3 is 0 Å². The molecular formula is C17H19N3OS. The Morgan fingerprint density at radius 1 is 1.14 bits per heavy atom. The molecule has 0 fully saturated rings. The van der Waals surface area contributed by atoms with Crippen LogP contribution in [-0.2, 0) is 23.9 Å². The SMILES string of the molecule is CCn1c(NCc2ccc([S@](C)=O)cc2)nc2ccccc21. The Hall–Kier alpha value is -2.14. The van der Waals surface area contributed by atoms with Gasteiger partial charge in [0.2, 0.25) is 5.95 Å². The first-order chi connectivity index (χ1) is 10.7. The highest BCUT2D eigenvalue weighted by Gasteiger charge is 2.08. The van der Waals surface area contributed by atoms with Crippen molar-refractivity contribution in [1.82, 2.24) is 9.55 Å². The Kier molecular flexibility index (Phi) is 4.24. The molecule has 0 radical (unpaired) electrons. The van der Waals surface area contributed by atoms with Gasteiger partial charge in [-0.05, 0) is 36.8 Å². The topological polar surface area (TPSA) is 46.9 Å². The number of rotatable bonds is 5. The summed E-state index contributed by atoms with van der Waals surface area (Å²) in [7, 11) is -0.930. The van der Waals surface area contributed by atoms with Gasteiger partial charge in [-0.1, -0.05) is 24.3 Å². The first kappa shape index (κ1) is 14.8. The first-order valence-corrected chi connectivity index (χ1v) is 8.86. The molecule has 1 aromatic heterocycles. The number of nitrogens with one attached hydrogen (secondary N) is 1. The van der Waals surface area contributed by atoms with Crippen LogP contribution in [0.4, 0.5) is 5.95 Å². The number of nitrogens with zero attached hydrogens (tertiary/aromatic N) is 2. The van der Waals surface area contributed by atoms with E-state index in [0.717, 1.165) is 34.0 Å². The van der Waals surface area contributed by atoms with Gasteiger partial charge in [0.15, 0.2) is 0 Å². The minimum Gasteiger partial charge on any atom is -0.352 e. The molecule has 3 aromatic rings. The monoisotopic (exact) mass is 313 g/mol. The molecule has 114 valence electrons. The first-order valence-electron chi connectivity index (χ1n) is 7.30. The van der Waals surface area contributed by atoms with Gasteiger partial charge in [-0.15, -0.1) is 0 Å². The molecule has 1 heterocycles. The number of hydrogen-bond acceptors (Lipinski definition) is 3. The van der Waals surface area contributed by atoms with E-state index in [1.807, 2.05) is 42.5 Å². The Morgan fingerprint density at radius 2 is 1.86 bits per heavy atom. The lowest BCUT2D eigenvalue weighted by molar-refractivity contribution is 0.687. The highest BCUT2D eigenvalue weighted by atomic mass is 32.2. The van der Waals surface area contributed by atoms with Gasteiger partial charge in [0.05, 0.1) is 11.0 Å². The van der Waals surface area contributed by atoms with Crippen LogP contribution in [0.1, 0.15) is 12.5 Å². The minimum atomic E-state index is -0.930. The number of para-hydroxylation sites is 2. The lowest BCUT2D eigenvalue weighted by atomic mass is 10.2. The van der Waals surface area contributed by atoms with Crippen LogP contribution in [0.2, 0.25) is 0 Å². The highest BCUT2D eigenvalue weighted by molar-refractivity contribution is 7.84. The van der Waals surface area contributed by atoms with Crippen molar-refractivity contribution in [3.8, 4) is 0 Å². The molecule has 0 aliphatic carbocycles. The van der Waals surface area contributed by atoms with Crippen LogP contribution in [0.15, 0.2) is 53.4 Å². The summed E-state index contributed by atoms with van der Waals surface area (Å²) in [5, 5.41) is 3.39. The van der Waals surface area contributed by atoms with E-state index >= 15 is 0 Å². The Morgan fingerprint density at radius 3 is 2.55 bits per heavy atom. The van der Waals surface area contributed by atoms with Crippen molar-refractivity contribution in [2.45, 2.75) is 24.9 Å². The molecule has 0 saturated heterocycles. The van der Waals surface area contributed by atoms with Gasteiger partial charge in [-0.2, -0.15) is 0 Å². The fraction of sp³-hybridized carbons (Fsp3) is 0.235. The number of imidazole rings is 1. The zero-order valence-corrected chi connectivity index (χ0v) is 13.6. The third-order valence-corrected chi connectivity index (χ3v) is 4.61. The molecule has 5 heteroatoms. The van der Waals surface area contributed by atoms with E-state index in [1.54, 1.807) is 6.26 Å². The van der Waals surface area contributed by atoms with Crippen molar-refractivity contribution in [3.63, 3.8) is 0 Å². The molecular weight excluding hydrogens is 294 g/mol. The number of aryl methyl sites for hydroxylation is 1. The lowest BCUT2D eigenvalue weighted by Gasteiger charge is -2.09. The number of hydrogen-bond donors (Lipinski definition) is 1. The fourth-order valence-corrected chi connectivity index (χ4v) is 3.03. The van der Waals surface area contributed by atoms with Crippen LogP contribution >= 0.6 is 0 Å². The smallest absolute Gasteiger partial charge is 0.204 e. The number of anilines is 1. The molecule has 1 atom stereocenters. The van der Waals surface area contributed by atoms with Crippen LogP contribution in [0, 0.1) is 0 Å².